The number of benzene rings is 1. The van der Waals surface area contributed by atoms with E-state index in [0.717, 1.165) is 5.56 Å². The monoisotopic (exact) mass is 247 g/mol. The Labute approximate surface area is 95.9 Å². The third-order valence-electron chi connectivity index (χ3n) is 1.76. The van der Waals surface area contributed by atoms with Crippen molar-refractivity contribution in [3.8, 4) is 0 Å². The van der Waals surface area contributed by atoms with Gasteiger partial charge in [-0.05, 0) is 5.56 Å². The van der Waals surface area contributed by atoms with Gasteiger partial charge in [-0.3, -0.25) is 4.18 Å². The van der Waals surface area contributed by atoms with E-state index in [9.17, 15) is 13.2 Å². The van der Waals surface area contributed by atoms with Gasteiger partial charge in [0.1, 0.15) is 6.17 Å². The number of ether oxygens (including phenoxy) is 1. The normalized spacial score (nSPS) is 14.6. The highest BCUT2D eigenvalue weighted by molar-refractivity contribution is 7.74. The topological polar surface area (TPSA) is 58.6 Å². The maximum atomic E-state index is 12.9. The highest BCUT2D eigenvalue weighted by Crippen LogP contribution is 2.02. The Bertz CT molecular complexity index is 320. The third kappa shape index (κ3) is 5.92. The van der Waals surface area contributed by atoms with Gasteiger partial charge < -0.3 is 9.29 Å². The summed E-state index contributed by atoms with van der Waals surface area (Å²) < 4.78 is 42.0. The van der Waals surface area contributed by atoms with E-state index in [1.165, 1.54) is 0 Å². The molecule has 1 aromatic rings. The molecule has 0 aliphatic heterocycles. The zero-order valence-corrected chi connectivity index (χ0v) is 9.32. The first kappa shape index (κ1) is 13.2. The summed E-state index contributed by atoms with van der Waals surface area (Å²) >= 11 is -2.67. The number of hydrogen-bond donors (Lipinski definition) is 0. The molecule has 0 fully saturated rings. The van der Waals surface area contributed by atoms with Crippen molar-refractivity contribution in [2.75, 3.05) is 13.2 Å². The number of alkyl halides is 1. The summed E-state index contributed by atoms with van der Waals surface area (Å²) in [5, 5.41) is 0. The molecule has 0 N–H and O–H groups in total. The second-order valence-corrected chi connectivity index (χ2v) is 3.73. The molecule has 0 aromatic heterocycles. The van der Waals surface area contributed by atoms with Gasteiger partial charge in [-0.2, -0.15) is 0 Å². The van der Waals surface area contributed by atoms with Crippen LogP contribution in [-0.4, -0.2) is 28.1 Å². The van der Waals surface area contributed by atoms with Crippen LogP contribution in [0.1, 0.15) is 5.56 Å². The standard InChI is InChI=1S/C10H13FO4S/c11-10(8-15-16(12)13)7-14-6-9-4-2-1-3-5-9/h1-5,10H,6-8H2,(H,12,13)/p-1/t10-/m0/s1. The lowest BCUT2D eigenvalue weighted by molar-refractivity contribution is 0.0495. The first-order valence-corrected chi connectivity index (χ1v) is 5.66. The summed E-state index contributed by atoms with van der Waals surface area (Å²) in [5.41, 5.74) is 0.933. The van der Waals surface area contributed by atoms with Gasteiger partial charge in [0.2, 0.25) is 0 Å². The fourth-order valence-corrected chi connectivity index (χ4v) is 1.32. The van der Waals surface area contributed by atoms with Crippen molar-refractivity contribution in [2.45, 2.75) is 12.8 Å². The molecule has 0 heterocycles. The first-order chi connectivity index (χ1) is 7.68. The second kappa shape index (κ2) is 7.45. The highest BCUT2D eigenvalue weighted by Gasteiger charge is 2.07. The van der Waals surface area contributed by atoms with E-state index in [1.807, 2.05) is 30.3 Å². The second-order valence-electron chi connectivity index (χ2n) is 3.09. The van der Waals surface area contributed by atoms with Crippen LogP contribution >= 0.6 is 0 Å². The molecule has 90 valence electrons. The molecule has 2 atom stereocenters. The Hall–Kier alpha value is -0.820. The summed E-state index contributed by atoms with van der Waals surface area (Å²) in [4.78, 5) is 0. The Morgan fingerprint density at radius 3 is 2.62 bits per heavy atom. The molecular weight excluding hydrogens is 235 g/mol. The van der Waals surface area contributed by atoms with E-state index in [-0.39, 0.29) is 6.61 Å². The summed E-state index contributed by atoms with van der Waals surface area (Å²) in [6, 6.07) is 9.30. The van der Waals surface area contributed by atoms with Crippen LogP contribution < -0.4 is 0 Å². The average molecular weight is 247 g/mol. The molecule has 0 saturated carbocycles. The molecule has 0 aliphatic carbocycles. The molecule has 0 saturated heterocycles. The molecule has 16 heavy (non-hydrogen) atoms. The molecule has 0 amide bonds. The molecule has 6 heteroatoms. The molecule has 0 radical (unpaired) electrons. The molecule has 0 aliphatic rings. The molecule has 1 rings (SSSR count). The van der Waals surface area contributed by atoms with E-state index in [2.05, 4.69) is 4.18 Å². The van der Waals surface area contributed by atoms with Crippen molar-refractivity contribution in [1.29, 1.82) is 0 Å². The number of hydrogen-bond acceptors (Lipinski definition) is 4. The largest absolute Gasteiger partial charge is 0.750 e. The van der Waals surface area contributed by atoms with Crippen molar-refractivity contribution in [3.05, 3.63) is 35.9 Å². The maximum absolute atomic E-state index is 12.9. The van der Waals surface area contributed by atoms with Gasteiger partial charge >= 0.3 is 0 Å². The minimum atomic E-state index is -2.67. The molecule has 4 nitrogen and oxygen atoms in total. The van der Waals surface area contributed by atoms with Crippen LogP contribution in [0.3, 0.4) is 0 Å². The van der Waals surface area contributed by atoms with Crippen LogP contribution in [0.15, 0.2) is 30.3 Å². The lowest BCUT2D eigenvalue weighted by Gasteiger charge is -2.10. The molecular formula is C10H12FO4S-. The minimum absolute atomic E-state index is 0.188. The van der Waals surface area contributed by atoms with E-state index < -0.39 is 24.1 Å². The first-order valence-electron chi connectivity index (χ1n) is 4.66. The van der Waals surface area contributed by atoms with Crippen molar-refractivity contribution in [1.82, 2.24) is 0 Å². The zero-order valence-electron chi connectivity index (χ0n) is 8.50. The minimum Gasteiger partial charge on any atom is -0.750 e. The average Bonchev–Trinajstić information content (AvgIpc) is 2.28. The predicted molar refractivity (Wildman–Crippen MR) is 55.9 cm³/mol. The van der Waals surface area contributed by atoms with Crippen LogP contribution in [0, 0.1) is 0 Å². The Morgan fingerprint density at radius 2 is 2.00 bits per heavy atom. The summed E-state index contributed by atoms with van der Waals surface area (Å²) in [5.74, 6) is 0. The lowest BCUT2D eigenvalue weighted by Crippen LogP contribution is -2.17. The van der Waals surface area contributed by atoms with Crippen molar-refractivity contribution < 1.29 is 22.1 Å². The Morgan fingerprint density at radius 1 is 1.31 bits per heavy atom. The molecule has 1 unspecified atom stereocenters. The van der Waals surface area contributed by atoms with Gasteiger partial charge in [0.05, 0.1) is 31.2 Å². The fourth-order valence-electron chi connectivity index (χ4n) is 1.06. The lowest BCUT2D eigenvalue weighted by atomic mass is 10.2. The van der Waals surface area contributed by atoms with Gasteiger partial charge in [-0.15, -0.1) is 0 Å². The van der Waals surface area contributed by atoms with Crippen molar-refractivity contribution in [2.24, 2.45) is 0 Å². The predicted octanol–water partition coefficient (Wildman–Crippen LogP) is 1.35. The van der Waals surface area contributed by atoms with Crippen LogP contribution in [0.4, 0.5) is 4.39 Å². The number of rotatable bonds is 7. The Balaban J connectivity index is 2.13. The summed E-state index contributed by atoms with van der Waals surface area (Å²) in [6.45, 7) is -0.404. The van der Waals surface area contributed by atoms with E-state index in [0.29, 0.717) is 6.61 Å². The van der Waals surface area contributed by atoms with Gasteiger partial charge in [-0.1, -0.05) is 30.3 Å². The summed E-state index contributed by atoms with van der Waals surface area (Å²) in [7, 11) is 0. The van der Waals surface area contributed by atoms with Gasteiger partial charge in [-0.25, -0.2) is 8.60 Å². The van der Waals surface area contributed by atoms with E-state index >= 15 is 0 Å². The SMILES string of the molecule is O=S([O-])OC[C@@H](F)COCc1ccccc1. The third-order valence-corrected chi connectivity index (χ3v) is 2.08. The smallest absolute Gasteiger partial charge is 0.148 e. The molecule has 1 aromatic carbocycles. The Kier molecular flexibility index (Phi) is 6.17. The van der Waals surface area contributed by atoms with Crippen LogP contribution in [-0.2, 0) is 26.9 Å². The van der Waals surface area contributed by atoms with Crippen molar-refractivity contribution in [3.63, 3.8) is 0 Å². The van der Waals surface area contributed by atoms with E-state index in [4.69, 9.17) is 4.74 Å². The zero-order chi connectivity index (χ0) is 11.8. The van der Waals surface area contributed by atoms with Gasteiger partial charge in [0.15, 0.2) is 0 Å². The maximum Gasteiger partial charge on any atom is 0.148 e. The number of halogens is 1. The van der Waals surface area contributed by atoms with Crippen LogP contribution in [0.5, 0.6) is 0 Å². The van der Waals surface area contributed by atoms with Crippen LogP contribution in [0.2, 0.25) is 0 Å². The highest BCUT2D eigenvalue weighted by atomic mass is 32.2. The quantitative estimate of drug-likeness (QED) is 0.682. The van der Waals surface area contributed by atoms with Crippen molar-refractivity contribution >= 4 is 11.4 Å². The van der Waals surface area contributed by atoms with E-state index in [1.54, 1.807) is 0 Å². The molecule has 0 spiro atoms. The van der Waals surface area contributed by atoms with Gasteiger partial charge in [0.25, 0.3) is 0 Å². The van der Waals surface area contributed by atoms with Crippen LogP contribution in [0.25, 0.3) is 0 Å². The fraction of sp³-hybridized carbons (Fsp3) is 0.400. The summed E-state index contributed by atoms with van der Waals surface area (Å²) in [6.07, 6.45) is -1.44. The molecule has 0 bridgehead atoms. The van der Waals surface area contributed by atoms with Gasteiger partial charge in [0, 0.05) is 0 Å².